The summed E-state index contributed by atoms with van der Waals surface area (Å²) in [5, 5.41) is 11.7. The molecule has 1 fully saturated rings. The highest BCUT2D eigenvalue weighted by molar-refractivity contribution is 5.80. The van der Waals surface area contributed by atoms with Crippen LogP contribution in [0.25, 0.3) is 11.1 Å². The molecule has 1 aliphatic heterocycles. The van der Waals surface area contributed by atoms with Gasteiger partial charge in [-0.15, -0.1) is 0 Å². The van der Waals surface area contributed by atoms with Crippen molar-refractivity contribution in [2.24, 2.45) is 5.92 Å². The fourth-order valence-electron chi connectivity index (χ4n) is 4.26. The normalized spacial score (nSPS) is 20.6. The van der Waals surface area contributed by atoms with Gasteiger partial charge in [0.1, 0.15) is 5.60 Å². The molecule has 2 aromatic carbocycles. The summed E-state index contributed by atoms with van der Waals surface area (Å²) in [5.74, 6) is 0.176. The standard InChI is InChI=1S/C20H23NO/c1-15(14-21-12-6-7-13-21)20(22)18-10-4-2-8-16(18)17-9-3-5-11-19(17)20/h2-5,8-11,15,22H,6-7,12-14H2,1H3. The van der Waals surface area contributed by atoms with Gasteiger partial charge in [-0.1, -0.05) is 55.5 Å². The first-order chi connectivity index (χ1) is 10.7. The molecule has 1 N–H and O–H groups in total. The van der Waals surface area contributed by atoms with E-state index in [1.165, 1.54) is 37.1 Å². The molecule has 1 heterocycles. The molecule has 0 spiro atoms. The maximum absolute atomic E-state index is 11.7. The lowest BCUT2D eigenvalue weighted by Crippen LogP contribution is -2.40. The molecule has 2 nitrogen and oxygen atoms in total. The quantitative estimate of drug-likeness (QED) is 0.934. The lowest BCUT2D eigenvalue weighted by atomic mass is 9.80. The van der Waals surface area contributed by atoms with E-state index in [9.17, 15) is 5.11 Å². The molecular formula is C20H23NO. The second-order valence-corrected chi connectivity index (χ2v) is 6.77. The van der Waals surface area contributed by atoms with Crippen LogP contribution in [0.5, 0.6) is 0 Å². The average Bonchev–Trinajstić information content (AvgIpc) is 3.15. The Morgan fingerprint density at radius 2 is 1.45 bits per heavy atom. The van der Waals surface area contributed by atoms with Crippen molar-refractivity contribution in [2.75, 3.05) is 19.6 Å². The molecule has 1 aliphatic carbocycles. The molecule has 0 aromatic heterocycles. The van der Waals surface area contributed by atoms with E-state index < -0.39 is 5.60 Å². The third-order valence-corrected chi connectivity index (χ3v) is 5.41. The van der Waals surface area contributed by atoms with Crippen LogP contribution in [0.4, 0.5) is 0 Å². The lowest BCUT2D eigenvalue weighted by molar-refractivity contribution is 0.0145. The van der Waals surface area contributed by atoms with Crippen LogP contribution in [0.3, 0.4) is 0 Å². The first-order valence-corrected chi connectivity index (χ1v) is 8.35. The SMILES string of the molecule is CC(CN1CCCC1)C1(O)c2ccccc2-c2ccccc21. The molecule has 1 atom stereocenters. The zero-order chi connectivity index (χ0) is 15.2. The van der Waals surface area contributed by atoms with Crippen LogP contribution in [0.2, 0.25) is 0 Å². The summed E-state index contributed by atoms with van der Waals surface area (Å²) in [6.45, 7) is 5.49. The zero-order valence-corrected chi connectivity index (χ0v) is 13.1. The Balaban J connectivity index is 1.78. The van der Waals surface area contributed by atoms with E-state index in [2.05, 4.69) is 48.2 Å². The van der Waals surface area contributed by atoms with Gasteiger partial charge in [0.25, 0.3) is 0 Å². The van der Waals surface area contributed by atoms with Gasteiger partial charge in [0, 0.05) is 12.5 Å². The zero-order valence-electron chi connectivity index (χ0n) is 13.1. The Morgan fingerprint density at radius 1 is 0.955 bits per heavy atom. The fraction of sp³-hybridized carbons (Fsp3) is 0.400. The average molecular weight is 293 g/mol. The Kier molecular flexibility index (Phi) is 3.32. The van der Waals surface area contributed by atoms with Crippen molar-refractivity contribution in [2.45, 2.75) is 25.4 Å². The third kappa shape index (κ3) is 1.94. The van der Waals surface area contributed by atoms with Gasteiger partial charge in [-0.3, -0.25) is 0 Å². The monoisotopic (exact) mass is 293 g/mol. The number of hydrogen-bond acceptors (Lipinski definition) is 2. The van der Waals surface area contributed by atoms with Crippen molar-refractivity contribution >= 4 is 0 Å². The van der Waals surface area contributed by atoms with Gasteiger partial charge < -0.3 is 10.0 Å². The minimum atomic E-state index is -0.865. The molecule has 0 radical (unpaired) electrons. The topological polar surface area (TPSA) is 23.5 Å². The van der Waals surface area contributed by atoms with Gasteiger partial charge in [0.05, 0.1) is 0 Å². The lowest BCUT2D eigenvalue weighted by Gasteiger charge is -2.35. The summed E-state index contributed by atoms with van der Waals surface area (Å²) in [6, 6.07) is 16.7. The van der Waals surface area contributed by atoms with Gasteiger partial charge in [-0.25, -0.2) is 0 Å². The summed E-state index contributed by atoms with van der Waals surface area (Å²) in [6.07, 6.45) is 2.58. The van der Waals surface area contributed by atoms with Gasteiger partial charge in [-0.2, -0.15) is 0 Å². The molecule has 1 saturated heterocycles. The van der Waals surface area contributed by atoms with Gasteiger partial charge in [0.15, 0.2) is 0 Å². The summed E-state index contributed by atoms with van der Waals surface area (Å²) < 4.78 is 0. The molecule has 1 unspecified atom stereocenters. The van der Waals surface area contributed by atoms with Crippen molar-refractivity contribution in [3.8, 4) is 11.1 Å². The van der Waals surface area contributed by atoms with Crippen molar-refractivity contribution in [1.82, 2.24) is 4.90 Å². The van der Waals surface area contributed by atoms with Crippen molar-refractivity contribution in [1.29, 1.82) is 0 Å². The largest absolute Gasteiger partial charge is 0.380 e. The number of rotatable bonds is 3. The van der Waals surface area contributed by atoms with Crippen LogP contribution in [-0.4, -0.2) is 29.6 Å². The smallest absolute Gasteiger partial charge is 0.120 e. The molecule has 0 amide bonds. The molecule has 0 bridgehead atoms. The molecule has 2 aromatic rings. The van der Waals surface area contributed by atoms with E-state index in [-0.39, 0.29) is 5.92 Å². The Bertz CT molecular complexity index is 642. The van der Waals surface area contributed by atoms with Crippen molar-refractivity contribution in [3.63, 3.8) is 0 Å². The number of nitrogens with zero attached hydrogens (tertiary/aromatic N) is 1. The number of aliphatic hydroxyl groups is 1. The number of likely N-dealkylation sites (tertiary alicyclic amines) is 1. The highest BCUT2D eigenvalue weighted by Gasteiger charge is 2.45. The second-order valence-electron chi connectivity index (χ2n) is 6.77. The van der Waals surface area contributed by atoms with Crippen molar-refractivity contribution in [3.05, 3.63) is 59.7 Å². The van der Waals surface area contributed by atoms with E-state index >= 15 is 0 Å². The van der Waals surface area contributed by atoms with E-state index in [4.69, 9.17) is 0 Å². The van der Waals surface area contributed by atoms with Crippen LogP contribution in [-0.2, 0) is 5.60 Å². The first-order valence-electron chi connectivity index (χ1n) is 8.35. The van der Waals surface area contributed by atoms with Gasteiger partial charge in [0.2, 0.25) is 0 Å². The highest BCUT2D eigenvalue weighted by Crippen LogP contribution is 2.51. The predicted molar refractivity (Wildman–Crippen MR) is 89.7 cm³/mol. The predicted octanol–water partition coefficient (Wildman–Crippen LogP) is 3.63. The van der Waals surface area contributed by atoms with E-state index in [1.807, 2.05) is 12.1 Å². The molecule has 4 rings (SSSR count). The van der Waals surface area contributed by atoms with E-state index in [0.717, 1.165) is 17.7 Å². The van der Waals surface area contributed by atoms with Crippen LogP contribution in [0, 0.1) is 5.92 Å². The Morgan fingerprint density at radius 3 is 2.00 bits per heavy atom. The fourth-order valence-corrected chi connectivity index (χ4v) is 4.26. The summed E-state index contributed by atoms with van der Waals surface area (Å²) >= 11 is 0. The molecule has 114 valence electrons. The highest BCUT2D eigenvalue weighted by atomic mass is 16.3. The Hall–Kier alpha value is -1.64. The number of fused-ring (bicyclic) bond motifs is 3. The van der Waals surface area contributed by atoms with Crippen LogP contribution >= 0.6 is 0 Å². The summed E-state index contributed by atoms with van der Waals surface area (Å²) in [7, 11) is 0. The Labute approximate surface area is 132 Å². The van der Waals surface area contributed by atoms with Crippen molar-refractivity contribution < 1.29 is 5.11 Å². The summed E-state index contributed by atoms with van der Waals surface area (Å²) in [4.78, 5) is 2.49. The van der Waals surface area contributed by atoms with Gasteiger partial charge >= 0.3 is 0 Å². The molecular weight excluding hydrogens is 270 g/mol. The van der Waals surface area contributed by atoms with E-state index in [1.54, 1.807) is 0 Å². The maximum atomic E-state index is 11.7. The molecule has 22 heavy (non-hydrogen) atoms. The minimum absolute atomic E-state index is 0.176. The van der Waals surface area contributed by atoms with E-state index in [0.29, 0.717) is 0 Å². The summed E-state index contributed by atoms with van der Waals surface area (Å²) in [5.41, 5.74) is 3.66. The second kappa shape index (κ2) is 5.22. The van der Waals surface area contributed by atoms with Crippen LogP contribution < -0.4 is 0 Å². The third-order valence-electron chi connectivity index (χ3n) is 5.41. The molecule has 0 saturated carbocycles. The van der Waals surface area contributed by atoms with Gasteiger partial charge in [-0.05, 0) is 48.2 Å². The minimum Gasteiger partial charge on any atom is -0.380 e. The number of benzene rings is 2. The van der Waals surface area contributed by atoms with Crippen LogP contribution in [0.1, 0.15) is 30.9 Å². The maximum Gasteiger partial charge on any atom is 0.120 e. The molecule has 2 heteroatoms. The first kappa shape index (κ1) is 14.0. The number of hydrogen-bond donors (Lipinski definition) is 1. The van der Waals surface area contributed by atoms with Crippen LogP contribution in [0.15, 0.2) is 48.5 Å². The molecule has 2 aliphatic rings.